The number of rotatable bonds is 17. The molecule has 0 saturated carbocycles. The fourth-order valence-electron chi connectivity index (χ4n) is 3.39. The molecule has 0 N–H and O–H groups in total. The fraction of sp³-hybridized carbons (Fsp3) is 0.905. The highest BCUT2D eigenvalue weighted by molar-refractivity contribution is 4.79. The van der Waals surface area contributed by atoms with Crippen molar-refractivity contribution in [2.45, 2.75) is 97.2 Å². The van der Waals surface area contributed by atoms with Crippen LogP contribution in [0.25, 0.3) is 0 Å². The number of hydrogen-bond donors (Lipinski definition) is 0. The first-order valence-corrected chi connectivity index (χ1v) is 10.1. The molecule has 24 heavy (non-hydrogen) atoms. The van der Waals surface area contributed by atoms with E-state index < -0.39 is 5.79 Å². The lowest BCUT2D eigenvalue weighted by Crippen LogP contribution is -2.41. The smallest absolute Gasteiger partial charge is 0.170 e. The predicted molar refractivity (Wildman–Crippen MR) is 103 cm³/mol. The molecule has 0 aliphatic heterocycles. The standard InChI is InChI=1S/C21H42O3/c1-6-9-11-12-13-14-16-20(21(8-3,22-4)23-5)17-15-19-24-18-10-7-2/h10,18,20H,6-9,11-17,19H2,1-5H3. The minimum atomic E-state index is -0.442. The third-order valence-electron chi connectivity index (χ3n) is 4.95. The molecule has 0 aromatic rings. The molecule has 0 spiro atoms. The van der Waals surface area contributed by atoms with Crippen molar-refractivity contribution in [3.05, 3.63) is 12.3 Å². The van der Waals surface area contributed by atoms with Gasteiger partial charge in [-0.05, 0) is 32.1 Å². The zero-order valence-electron chi connectivity index (χ0n) is 16.9. The fourth-order valence-corrected chi connectivity index (χ4v) is 3.39. The molecule has 0 aromatic heterocycles. The Labute approximate surface area is 151 Å². The summed E-state index contributed by atoms with van der Waals surface area (Å²) in [5, 5.41) is 0. The summed E-state index contributed by atoms with van der Waals surface area (Å²) in [6, 6.07) is 0. The average molecular weight is 343 g/mol. The van der Waals surface area contributed by atoms with Gasteiger partial charge in [-0.2, -0.15) is 0 Å². The molecule has 0 heterocycles. The molecular formula is C21H42O3. The van der Waals surface area contributed by atoms with Crippen molar-refractivity contribution < 1.29 is 14.2 Å². The Bertz CT molecular complexity index is 277. The van der Waals surface area contributed by atoms with Crippen LogP contribution in [-0.4, -0.2) is 26.6 Å². The van der Waals surface area contributed by atoms with Gasteiger partial charge in [0.05, 0.1) is 12.9 Å². The van der Waals surface area contributed by atoms with Crippen molar-refractivity contribution in [1.29, 1.82) is 0 Å². The summed E-state index contributed by atoms with van der Waals surface area (Å²) in [5.41, 5.74) is 0. The largest absolute Gasteiger partial charge is 0.502 e. The molecule has 0 aliphatic rings. The maximum absolute atomic E-state index is 5.81. The lowest BCUT2D eigenvalue weighted by atomic mass is 9.86. The van der Waals surface area contributed by atoms with Gasteiger partial charge in [-0.25, -0.2) is 0 Å². The molecule has 3 heteroatoms. The summed E-state index contributed by atoms with van der Waals surface area (Å²) in [5.74, 6) is -0.00898. The van der Waals surface area contributed by atoms with Crippen LogP contribution in [0.3, 0.4) is 0 Å². The van der Waals surface area contributed by atoms with Crippen LogP contribution in [0, 0.1) is 5.92 Å². The summed E-state index contributed by atoms with van der Waals surface area (Å²) in [6.45, 7) is 7.31. The van der Waals surface area contributed by atoms with Crippen LogP contribution in [0.2, 0.25) is 0 Å². The zero-order chi connectivity index (χ0) is 18.1. The van der Waals surface area contributed by atoms with Gasteiger partial charge >= 0.3 is 0 Å². The van der Waals surface area contributed by atoms with Gasteiger partial charge in [0.25, 0.3) is 0 Å². The second-order valence-corrected chi connectivity index (χ2v) is 6.62. The van der Waals surface area contributed by atoms with Crippen molar-refractivity contribution in [3.8, 4) is 0 Å². The van der Waals surface area contributed by atoms with Crippen molar-refractivity contribution in [2.75, 3.05) is 20.8 Å². The Balaban J connectivity index is 4.35. The molecule has 0 aromatic carbocycles. The topological polar surface area (TPSA) is 27.7 Å². The van der Waals surface area contributed by atoms with Crippen molar-refractivity contribution in [1.82, 2.24) is 0 Å². The van der Waals surface area contributed by atoms with Crippen LogP contribution in [0.5, 0.6) is 0 Å². The summed E-state index contributed by atoms with van der Waals surface area (Å²) >= 11 is 0. The molecule has 0 rings (SSSR count). The lowest BCUT2D eigenvalue weighted by Gasteiger charge is -2.38. The SMILES string of the molecule is CCC=COCCCC(CCCCCCCC)C(CC)(OC)OC. The van der Waals surface area contributed by atoms with E-state index in [9.17, 15) is 0 Å². The second kappa shape index (κ2) is 16.0. The summed E-state index contributed by atoms with van der Waals surface area (Å²) in [4.78, 5) is 0. The first kappa shape index (κ1) is 23.5. The minimum absolute atomic E-state index is 0.433. The van der Waals surface area contributed by atoms with E-state index in [4.69, 9.17) is 14.2 Å². The molecule has 0 fully saturated rings. The third kappa shape index (κ3) is 9.68. The third-order valence-corrected chi connectivity index (χ3v) is 4.95. The van der Waals surface area contributed by atoms with Gasteiger partial charge in [0.1, 0.15) is 0 Å². The van der Waals surface area contributed by atoms with E-state index in [0.29, 0.717) is 5.92 Å². The predicted octanol–water partition coefficient (Wildman–Crippen LogP) is 6.47. The van der Waals surface area contributed by atoms with Gasteiger partial charge in [-0.15, -0.1) is 0 Å². The lowest BCUT2D eigenvalue weighted by molar-refractivity contribution is -0.244. The molecule has 1 atom stereocenters. The Morgan fingerprint density at radius 2 is 1.46 bits per heavy atom. The number of hydrogen-bond acceptors (Lipinski definition) is 3. The van der Waals surface area contributed by atoms with Crippen molar-refractivity contribution >= 4 is 0 Å². The number of ether oxygens (including phenoxy) is 3. The average Bonchev–Trinajstić information content (AvgIpc) is 2.62. The van der Waals surface area contributed by atoms with E-state index in [1.165, 1.54) is 44.9 Å². The van der Waals surface area contributed by atoms with Crippen molar-refractivity contribution in [3.63, 3.8) is 0 Å². The van der Waals surface area contributed by atoms with E-state index in [1.807, 2.05) is 6.26 Å². The molecule has 0 saturated heterocycles. The highest BCUT2D eigenvalue weighted by Gasteiger charge is 2.36. The van der Waals surface area contributed by atoms with Gasteiger partial charge in [0.2, 0.25) is 0 Å². The van der Waals surface area contributed by atoms with E-state index >= 15 is 0 Å². The molecule has 1 unspecified atom stereocenters. The molecule has 144 valence electrons. The molecule has 0 bridgehead atoms. The normalized spacial score (nSPS) is 13.5. The maximum atomic E-state index is 5.81. The molecular weight excluding hydrogens is 300 g/mol. The Hall–Kier alpha value is -0.540. The van der Waals surface area contributed by atoms with E-state index in [0.717, 1.165) is 32.3 Å². The number of methoxy groups -OCH3 is 2. The van der Waals surface area contributed by atoms with E-state index in [-0.39, 0.29) is 0 Å². The summed E-state index contributed by atoms with van der Waals surface area (Å²) in [7, 11) is 3.56. The first-order valence-electron chi connectivity index (χ1n) is 10.1. The first-order chi connectivity index (χ1) is 11.7. The van der Waals surface area contributed by atoms with E-state index in [2.05, 4.69) is 26.8 Å². The molecule has 0 aliphatic carbocycles. The number of unbranched alkanes of at least 4 members (excludes halogenated alkanes) is 5. The van der Waals surface area contributed by atoms with Crippen LogP contribution in [0.4, 0.5) is 0 Å². The molecule has 0 radical (unpaired) electrons. The molecule has 0 amide bonds. The van der Waals surface area contributed by atoms with Gasteiger partial charge in [0, 0.05) is 20.1 Å². The highest BCUT2D eigenvalue weighted by Crippen LogP contribution is 2.34. The maximum Gasteiger partial charge on any atom is 0.170 e. The van der Waals surface area contributed by atoms with Gasteiger partial charge in [0.15, 0.2) is 5.79 Å². The van der Waals surface area contributed by atoms with Crippen LogP contribution in [-0.2, 0) is 14.2 Å². The summed E-state index contributed by atoms with van der Waals surface area (Å²) in [6.07, 6.45) is 17.1. The van der Waals surface area contributed by atoms with Gasteiger partial charge in [-0.1, -0.05) is 65.4 Å². The molecule has 3 nitrogen and oxygen atoms in total. The zero-order valence-corrected chi connectivity index (χ0v) is 16.9. The van der Waals surface area contributed by atoms with E-state index in [1.54, 1.807) is 14.2 Å². The second-order valence-electron chi connectivity index (χ2n) is 6.62. The van der Waals surface area contributed by atoms with Gasteiger partial charge in [-0.3, -0.25) is 0 Å². The van der Waals surface area contributed by atoms with Crippen LogP contribution >= 0.6 is 0 Å². The van der Waals surface area contributed by atoms with Crippen LogP contribution in [0.1, 0.15) is 91.4 Å². The minimum Gasteiger partial charge on any atom is -0.502 e. The Morgan fingerprint density at radius 1 is 0.833 bits per heavy atom. The highest BCUT2D eigenvalue weighted by atomic mass is 16.7. The van der Waals surface area contributed by atoms with Crippen LogP contribution < -0.4 is 0 Å². The van der Waals surface area contributed by atoms with Gasteiger partial charge < -0.3 is 14.2 Å². The summed E-state index contributed by atoms with van der Waals surface area (Å²) < 4.78 is 17.2. The monoisotopic (exact) mass is 342 g/mol. The number of allylic oxidation sites excluding steroid dienone is 1. The van der Waals surface area contributed by atoms with Crippen molar-refractivity contribution in [2.24, 2.45) is 5.92 Å². The Morgan fingerprint density at radius 3 is 2.04 bits per heavy atom. The Kier molecular flexibility index (Phi) is 15.6. The van der Waals surface area contributed by atoms with Crippen LogP contribution in [0.15, 0.2) is 12.3 Å². The quantitative estimate of drug-likeness (QED) is 0.172.